The molecular weight excluding hydrogens is 472 g/mol. The number of carbonyl (C=O) groups excluding carboxylic acids is 1. The standard InChI is InChI=1S/C24H35B7N2O5/c1-20(2,3)13-8-14(21(22(25,26)27,23(28,29)37)24(30,31)38)17(34)9-16(13)33-19(36)12-10-32-15-7-5-4-6-11(15)18(12)35/h4-10,34,37-38H,25-31H2,1-3H3,(H,32,35)(H,33,36). The van der Waals surface area contributed by atoms with Gasteiger partial charge in [0.15, 0.2) is 0 Å². The van der Waals surface area contributed by atoms with Crippen LogP contribution in [-0.2, 0) is 10.8 Å². The van der Waals surface area contributed by atoms with Crippen LogP contribution in [0.4, 0.5) is 5.69 Å². The maximum atomic E-state index is 13.3. The van der Waals surface area contributed by atoms with Crippen LogP contribution in [0.3, 0.4) is 0 Å². The van der Waals surface area contributed by atoms with Crippen molar-refractivity contribution in [2.45, 2.75) is 47.5 Å². The Morgan fingerprint density at radius 2 is 1.45 bits per heavy atom. The first kappa shape index (κ1) is 29.8. The van der Waals surface area contributed by atoms with E-state index in [0.29, 0.717) is 27.7 Å². The number of para-hydroxylation sites is 1. The van der Waals surface area contributed by atoms with Gasteiger partial charge in [-0.15, -0.1) is 0 Å². The van der Waals surface area contributed by atoms with Crippen LogP contribution in [0, 0.1) is 0 Å². The van der Waals surface area contributed by atoms with Crippen LogP contribution in [0.25, 0.3) is 10.9 Å². The minimum Gasteiger partial charge on any atom is -0.508 e. The van der Waals surface area contributed by atoms with E-state index >= 15 is 0 Å². The molecule has 5 N–H and O–H groups in total. The van der Waals surface area contributed by atoms with E-state index in [4.69, 9.17) is 0 Å². The fraction of sp³-hybridized carbons (Fsp3) is 0.333. The second-order valence-electron chi connectivity index (χ2n) is 13.3. The fourth-order valence-corrected chi connectivity index (χ4v) is 6.79. The SMILES string of the molecule is BC(B)(B)C(c1cc(C(C)(C)C)c(NC(=O)c2c[nH]c3ccccc3c2=O)cc1O)(C(B)(B)O)C(B)(B)O. The highest BCUT2D eigenvalue weighted by atomic mass is 16.3. The lowest BCUT2D eigenvalue weighted by atomic mass is 9.19. The van der Waals surface area contributed by atoms with Crippen molar-refractivity contribution in [3.63, 3.8) is 0 Å². The molecule has 0 radical (unpaired) electrons. The van der Waals surface area contributed by atoms with E-state index < -0.39 is 38.1 Å². The van der Waals surface area contributed by atoms with Crippen LogP contribution in [0.2, 0.25) is 5.11 Å². The van der Waals surface area contributed by atoms with E-state index in [2.05, 4.69) is 10.3 Å². The number of hydrogen-bond donors (Lipinski definition) is 5. The Kier molecular flexibility index (Phi) is 7.45. The van der Waals surface area contributed by atoms with Crippen LogP contribution in [0.15, 0.2) is 47.4 Å². The Hall–Kier alpha value is -2.71. The van der Waals surface area contributed by atoms with Gasteiger partial charge in [0.05, 0.1) is 23.5 Å². The molecule has 0 unspecified atom stereocenters. The molecule has 0 spiro atoms. The Balaban J connectivity index is 2.27. The first-order valence-electron chi connectivity index (χ1n) is 12.9. The summed E-state index contributed by atoms with van der Waals surface area (Å²) in [6, 6.07) is 10.2. The molecular formula is C24H35B7N2O5. The smallest absolute Gasteiger partial charge is 0.261 e. The molecule has 3 aromatic rings. The number of aromatic nitrogens is 1. The van der Waals surface area contributed by atoms with Gasteiger partial charge < -0.3 is 25.6 Å². The summed E-state index contributed by atoms with van der Waals surface area (Å²) in [4.78, 5) is 29.4. The maximum Gasteiger partial charge on any atom is 0.261 e. The molecule has 38 heavy (non-hydrogen) atoms. The average Bonchev–Trinajstić information content (AvgIpc) is 2.72. The van der Waals surface area contributed by atoms with Crippen LogP contribution < -0.4 is 10.7 Å². The van der Waals surface area contributed by atoms with Crippen molar-refractivity contribution >= 4 is 77.4 Å². The Morgan fingerprint density at radius 3 is 1.95 bits per heavy atom. The zero-order valence-electron chi connectivity index (χ0n) is 24.2. The van der Waals surface area contributed by atoms with Crippen molar-refractivity contribution in [1.29, 1.82) is 0 Å². The average molecular weight is 507 g/mol. The molecule has 1 aromatic heterocycles. The van der Waals surface area contributed by atoms with Crippen LogP contribution in [-0.4, -0.2) is 91.9 Å². The quantitative estimate of drug-likeness (QED) is 0.217. The molecule has 7 nitrogen and oxygen atoms in total. The van der Waals surface area contributed by atoms with Gasteiger partial charge in [-0.2, -0.15) is 0 Å². The highest BCUT2D eigenvalue weighted by molar-refractivity contribution is 6.62. The number of aliphatic hydroxyl groups is 2. The number of aromatic amines is 1. The van der Waals surface area contributed by atoms with Gasteiger partial charge in [0.25, 0.3) is 5.91 Å². The Labute approximate surface area is 230 Å². The third-order valence-electron chi connectivity index (χ3n) is 7.59. The summed E-state index contributed by atoms with van der Waals surface area (Å²) >= 11 is 0. The van der Waals surface area contributed by atoms with E-state index in [-0.39, 0.29) is 11.3 Å². The van der Waals surface area contributed by atoms with E-state index in [9.17, 15) is 24.9 Å². The molecule has 0 aliphatic heterocycles. The summed E-state index contributed by atoms with van der Waals surface area (Å²) in [6.07, 6.45) is 1.39. The number of rotatable bonds is 6. The lowest BCUT2D eigenvalue weighted by Crippen LogP contribution is -2.72. The molecule has 14 heteroatoms. The van der Waals surface area contributed by atoms with Gasteiger partial charge in [-0.3, -0.25) is 9.59 Å². The maximum absolute atomic E-state index is 13.3. The summed E-state index contributed by atoms with van der Waals surface area (Å²) in [5.41, 5.74) is -0.267. The summed E-state index contributed by atoms with van der Waals surface area (Å²) in [6.45, 7) is 5.90. The number of aromatic hydroxyl groups is 1. The summed E-state index contributed by atoms with van der Waals surface area (Å²) in [5.74, 6) is -0.790. The van der Waals surface area contributed by atoms with Gasteiger partial charge in [-0.25, -0.2) is 0 Å². The van der Waals surface area contributed by atoms with Crippen molar-refractivity contribution in [2.24, 2.45) is 0 Å². The zero-order valence-corrected chi connectivity index (χ0v) is 24.2. The van der Waals surface area contributed by atoms with Crippen LogP contribution in [0.1, 0.15) is 42.3 Å². The number of anilines is 1. The van der Waals surface area contributed by atoms with Crippen molar-refractivity contribution in [3.8, 4) is 5.75 Å². The Bertz CT molecular complexity index is 1410. The normalized spacial score (nSPS) is 13.4. The number of phenols is 1. The van der Waals surface area contributed by atoms with Crippen molar-refractivity contribution in [2.75, 3.05) is 5.32 Å². The highest BCUT2D eigenvalue weighted by Gasteiger charge is 2.61. The zero-order chi connectivity index (χ0) is 29.1. The second kappa shape index (κ2) is 9.49. The van der Waals surface area contributed by atoms with Gasteiger partial charge in [0.1, 0.15) is 42.7 Å². The number of nitrogens with one attached hydrogen (secondary N) is 2. The monoisotopic (exact) mass is 508 g/mol. The Morgan fingerprint density at radius 1 is 0.895 bits per heavy atom. The van der Waals surface area contributed by atoms with Crippen molar-refractivity contribution in [1.82, 2.24) is 4.98 Å². The molecule has 3 rings (SSSR count). The van der Waals surface area contributed by atoms with E-state index in [1.165, 1.54) is 12.3 Å². The van der Waals surface area contributed by atoms with Crippen molar-refractivity contribution < 1.29 is 20.1 Å². The van der Waals surface area contributed by atoms with E-state index in [1.54, 1.807) is 61.7 Å². The lowest BCUT2D eigenvalue weighted by molar-refractivity contribution is 0.0154. The van der Waals surface area contributed by atoms with Crippen LogP contribution >= 0.6 is 0 Å². The number of hydrogen-bond acceptors (Lipinski definition) is 5. The minimum absolute atomic E-state index is 0.0517. The third-order valence-corrected chi connectivity index (χ3v) is 7.59. The first-order valence-corrected chi connectivity index (χ1v) is 12.9. The number of carbonyl (C=O) groups is 1. The molecule has 2 aromatic carbocycles. The number of benzene rings is 2. The summed E-state index contributed by atoms with van der Waals surface area (Å²) in [5, 5.41) is 34.2. The summed E-state index contributed by atoms with van der Waals surface area (Å²) in [7, 11) is 12.3. The third kappa shape index (κ3) is 4.89. The molecule has 0 atom stereocenters. The van der Waals surface area contributed by atoms with Crippen LogP contribution in [0.5, 0.6) is 5.75 Å². The number of fused-ring (bicyclic) bond motifs is 1. The topological polar surface area (TPSA) is 123 Å². The first-order chi connectivity index (χ1) is 17.1. The predicted octanol–water partition coefficient (Wildman–Crippen LogP) is -4.18. The predicted molar refractivity (Wildman–Crippen MR) is 173 cm³/mol. The molecule has 0 bridgehead atoms. The number of phenolic OH excluding ortho intramolecular Hbond substituents is 1. The van der Waals surface area contributed by atoms with Gasteiger partial charge in [-0.1, -0.05) is 38.0 Å². The molecule has 192 valence electrons. The van der Waals surface area contributed by atoms with E-state index in [1.807, 2.05) is 44.3 Å². The molecule has 0 saturated heterocycles. The van der Waals surface area contributed by atoms with Gasteiger partial charge in [0.2, 0.25) is 5.43 Å². The van der Waals surface area contributed by atoms with Gasteiger partial charge >= 0.3 is 0 Å². The van der Waals surface area contributed by atoms with Crippen molar-refractivity contribution in [3.05, 3.63) is 69.5 Å². The number of pyridine rings is 1. The largest absolute Gasteiger partial charge is 0.508 e. The summed E-state index contributed by atoms with van der Waals surface area (Å²) < 4.78 is 0. The molecule has 1 amide bonds. The second-order valence-corrected chi connectivity index (χ2v) is 13.3. The molecule has 0 aliphatic rings. The fourth-order valence-electron chi connectivity index (χ4n) is 6.79. The van der Waals surface area contributed by atoms with E-state index in [0.717, 1.165) is 0 Å². The lowest BCUT2D eigenvalue weighted by Gasteiger charge is -2.61. The molecule has 0 saturated carbocycles. The molecule has 0 fully saturated rings. The van der Waals surface area contributed by atoms with Gasteiger partial charge in [-0.05, 0) is 29.2 Å². The minimum atomic E-state index is -1.46. The number of amides is 1. The number of H-pyrrole nitrogens is 1. The van der Waals surface area contributed by atoms with Gasteiger partial charge in [0, 0.05) is 50.6 Å². The highest BCUT2D eigenvalue weighted by Crippen LogP contribution is 2.55. The molecule has 1 heterocycles. The molecule has 0 aliphatic carbocycles.